The molecule has 2 aromatic carbocycles. The van der Waals surface area contributed by atoms with Crippen LogP contribution >= 0.6 is 11.8 Å². The maximum absolute atomic E-state index is 12.8. The van der Waals surface area contributed by atoms with Crippen LogP contribution in [0.2, 0.25) is 0 Å². The predicted octanol–water partition coefficient (Wildman–Crippen LogP) is 4.30. The first-order chi connectivity index (χ1) is 17.8. The number of ether oxygens (including phenoxy) is 1. The quantitative estimate of drug-likeness (QED) is 0.385. The predicted molar refractivity (Wildman–Crippen MR) is 147 cm³/mol. The van der Waals surface area contributed by atoms with Crippen LogP contribution in [-0.2, 0) is 28.2 Å². The van der Waals surface area contributed by atoms with Crippen LogP contribution in [0.25, 0.3) is 11.0 Å². The third kappa shape index (κ3) is 6.74. The van der Waals surface area contributed by atoms with E-state index in [2.05, 4.69) is 10.6 Å². The van der Waals surface area contributed by atoms with Crippen LogP contribution in [0.15, 0.2) is 51.7 Å². The average molecular weight is 523 g/mol. The molecule has 0 bridgehead atoms. The van der Waals surface area contributed by atoms with Crippen LogP contribution in [0.3, 0.4) is 0 Å². The van der Waals surface area contributed by atoms with Crippen molar-refractivity contribution in [2.45, 2.75) is 64.3 Å². The Kier molecular flexibility index (Phi) is 8.92. The van der Waals surface area contributed by atoms with E-state index in [9.17, 15) is 14.4 Å². The number of rotatable bonds is 10. The minimum Gasteiger partial charge on any atom is -0.483 e. The molecule has 0 fully saturated rings. The first kappa shape index (κ1) is 26.8. The first-order valence-electron chi connectivity index (χ1n) is 12.8. The minimum atomic E-state index is -0.686. The van der Waals surface area contributed by atoms with Crippen molar-refractivity contribution in [3.63, 3.8) is 0 Å². The Balaban J connectivity index is 1.41. The van der Waals surface area contributed by atoms with Gasteiger partial charge in [-0.15, -0.1) is 0 Å². The molecule has 2 amide bonds. The molecule has 0 unspecified atom stereocenters. The second kappa shape index (κ2) is 12.3. The van der Waals surface area contributed by atoms with E-state index in [0.29, 0.717) is 22.6 Å². The second-order valence-electron chi connectivity index (χ2n) is 9.69. The molecular formula is C29H34N2O5S. The van der Waals surface area contributed by atoms with Gasteiger partial charge in [0, 0.05) is 34.1 Å². The molecule has 3 aromatic rings. The third-order valence-electron chi connectivity index (χ3n) is 6.43. The third-order valence-corrected chi connectivity index (χ3v) is 7.53. The fourth-order valence-electron chi connectivity index (χ4n) is 4.60. The zero-order valence-corrected chi connectivity index (χ0v) is 22.4. The Morgan fingerprint density at radius 2 is 1.76 bits per heavy atom. The van der Waals surface area contributed by atoms with Crippen LogP contribution in [0, 0.1) is 6.92 Å². The van der Waals surface area contributed by atoms with Gasteiger partial charge in [-0.2, -0.15) is 11.8 Å². The van der Waals surface area contributed by atoms with Gasteiger partial charge in [0.2, 0.25) is 5.91 Å². The summed E-state index contributed by atoms with van der Waals surface area (Å²) in [6.07, 6.45) is 3.67. The standard InChI is InChI=1S/C29H34N2O5S/c1-18(2)30-28(33)24(17-37-16-20-9-5-4-6-10-20)31-26(32)15-35-25-14-13-22-21-11-7-8-12-23(21)29(34)36-27(22)19(25)3/h4-6,9-10,13-14,18,24H,7-8,11-12,15-17H2,1-3H3,(H,30,33)(H,31,32)/t24-/m0/s1. The molecule has 0 spiro atoms. The number of carbonyl (C=O) groups excluding carboxylic acids is 2. The monoisotopic (exact) mass is 522 g/mol. The van der Waals surface area contributed by atoms with Gasteiger partial charge >= 0.3 is 5.63 Å². The van der Waals surface area contributed by atoms with E-state index in [1.807, 2.05) is 63.2 Å². The molecule has 196 valence electrons. The van der Waals surface area contributed by atoms with E-state index < -0.39 is 11.9 Å². The topological polar surface area (TPSA) is 97.6 Å². The summed E-state index contributed by atoms with van der Waals surface area (Å²) in [7, 11) is 0. The minimum absolute atomic E-state index is 0.0390. The summed E-state index contributed by atoms with van der Waals surface area (Å²) in [6.45, 7) is 5.34. The van der Waals surface area contributed by atoms with Crippen LogP contribution in [-0.4, -0.2) is 36.3 Å². The number of carbonyl (C=O) groups is 2. The Morgan fingerprint density at radius 3 is 2.49 bits per heavy atom. The maximum Gasteiger partial charge on any atom is 0.339 e. The van der Waals surface area contributed by atoms with Gasteiger partial charge in [0.05, 0.1) is 0 Å². The van der Waals surface area contributed by atoms with Crippen molar-refractivity contribution >= 4 is 34.5 Å². The highest BCUT2D eigenvalue weighted by molar-refractivity contribution is 7.98. The number of benzene rings is 2. The molecule has 0 aliphatic heterocycles. The highest BCUT2D eigenvalue weighted by Crippen LogP contribution is 2.32. The van der Waals surface area contributed by atoms with Gasteiger partial charge in [-0.3, -0.25) is 9.59 Å². The summed E-state index contributed by atoms with van der Waals surface area (Å²) < 4.78 is 11.5. The smallest absolute Gasteiger partial charge is 0.339 e. The second-order valence-corrected chi connectivity index (χ2v) is 10.7. The van der Waals surface area contributed by atoms with Crippen molar-refractivity contribution in [1.82, 2.24) is 10.6 Å². The summed E-state index contributed by atoms with van der Waals surface area (Å²) in [4.78, 5) is 38.0. The summed E-state index contributed by atoms with van der Waals surface area (Å²) in [5.74, 6) is 1.03. The molecule has 1 aliphatic carbocycles. The van der Waals surface area contributed by atoms with E-state index >= 15 is 0 Å². The number of aryl methyl sites for hydroxylation is 2. The van der Waals surface area contributed by atoms with Crippen LogP contribution in [0.4, 0.5) is 0 Å². The molecule has 0 radical (unpaired) electrons. The molecule has 1 atom stereocenters. The SMILES string of the molecule is Cc1c(OCC(=O)N[C@@H](CSCc2ccccc2)C(=O)NC(C)C)ccc2c3c(c(=O)oc12)CCCC3. The van der Waals surface area contributed by atoms with Crippen LogP contribution in [0.5, 0.6) is 5.75 Å². The van der Waals surface area contributed by atoms with Crippen molar-refractivity contribution < 1.29 is 18.7 Å². The highest BCUT2D eigenvalue weighted by atomic mass is 32.2. The molecule has 8 heteroatoms. The fraction of sp³-hybridized carbons (Fsp3) is 0.414. The Morgan fingerprint density at radius 1 is 1.03 bits per heavy atom. The van der Waals surface area contributed by atoms with Gasteiger partial charge in [-0.1, -0.05) is 30.3 Å². The first-order valence-corrected chi connectivity index (χ1v) is 13.9. The summed E-state index contributed by atoms with van der Waals surface area (Å²) in [6, 6.07) is 13.0. The lowest BCUT2D eigenvalue weighted by Gasteiger charge is -2.20. The van der Waals surface area contributed by atoms with Gasteiger partial charge in [0.25, 0.3) is 5.91 Å². The molecule has 0 saturated carbocycles. The lowest BCUT2D eigenvalue weighted by molar-refractivity contribution is -0.129. The van der Waals surface area contributed by atoms with Crippen molar-refractivity contribution in [3.05, 3.63) is 75.1 Å². The highest BCUT2D eigenvalue weighted by Gasteiger charge is 2.23. The van der Waals surface area contributed by atoms with Crippen molar-refractivity contribution in [2.75, 3.05) is 12.4 Å². The average Bonchev–Trinajstić information content (AvgIpc) is 2.88. The maximum atomic E-state index is 12.8. The van der Waals surface area contributed by atoms with Gasteiger partial charge in [0.15, 0.2) is 6.61 Å². The number of hydrogen-bond acceptors (Lipinski definition) is 6. The molecule has 4 rings (SSSR count). The Bertz CT molecular complexity index is 1320. The molecule has 1 heterocycles. The molecule has 7 nitrogen and oxygen atoms in total. The Labute approximate surface area is 221 Å². The molecule has 37 heavy (non-hydrogen) atoms. The zero-order valence-electron chi connectivity index (χ0n) is 21.6. The molecule has 0 saturated heterocycles. The number of fused-ring (bicyclic) bond motifs is 3. The summed E-state index contributed by atoms with van der Waals surface area (Å²) in [5, 5.41) is 6.63. The van der Waals surface area contributed by atoms with Gasteiger partial charge < -0.3 is 19.8 Å². The van der Waals surface area contributed by atoms with Gasteiger partial charge in [-0.05, 0) is 69.7 Å². The van der Waals surface area contributed by atoms with E-state index in [0.717, 1.165) is 53.5 Å². The van der Waals surface area contributed by atoms with E-state index in [-0.39, 0.29) is 24.2 Å². The zero-order chi connectivity index (χ0) is 26.4. The normalized spacial score (nSPS) is 13.7. The van der Waals surface area contributed by atoms with E-state index in [1.54, 1.807) is 11.8 Å². The molecule has 1 aliphatic rings. The number of thioether (sulfide) groups is 1. The van der Waals surface area contributed by atoms with Crippen molar-refractivity contribution in [2.24, 2.45) is 0 Å². The van der Waals surface area contributed by atoms with Gasteiger partial charge in [-0.25, -0.2) is 4.79 Å². The summed E-state index contributed by atoms with van der Waals surface area (Å²) >= 11 is 1.58. The number of amides is 2. The number of hydrogen-bond donors (Lipinski definition) is 2. The van der Waals surface area contributed by atoms with Crippen molar-refractivity contribution in [1.29, 1.82) is 0 Å². The Hall–Kier alpha value is -3.26. The molecule has 1 aromatic heterocycles. The molecule has 2 N–H and O–H groups in total. The summed E-state index contributed by atoms with van der Waals surface area (Å²) in [5.41, 5.74) is 3.91. The van der Waals surface area contributed by atoms with Crippen molar-refractivity contribution in [3.8, 4) is 5.75 Å². The lowest BCUT2D eigenvalue weighted by atomic mass is 9.90. The largest absolute Gasteiger partial charge is 0.483 e. The molecular weight excluding hydrogens is 488 g/mol. The lowest BCUT2D eigenvalue weighted by Crippen LogP contribution is -2.51. The van der Waals surface area contributed by atoms with E-state index in [4.69, 9.17) is 9.15 Å². The fourth-order valence-corrected chi connectivity index (χ4v) is 5.61. The van der Waals surface area contributed by atoms with Gasteiger partial charge in [0.1, 0.15) is 17.4 Å². The van der Waals surface area contributed by atoms with E-state index in [1.165, 1.54) is 0 Å². The number of nitrogens with one attached hydrogen (secondary N) is 2. The van der Waals surface area contributed by atoms with Crippen LogP contribution < -0.4 is 21.0 Å². The van der Waals surface area contributed by atoms with Crippen LogP contribution in [0.1, 0.15) is 48.9 Å².